The number of amides is 1. The molecule has 0 heterocycles. The second-order valence-corrected chi connectivity index (χ2v) is 5.80. The van der Waals surface area contributed by atoms with Gasteiger partial charge in [0, 0.05) is 17.1 Å². The number of carbonyl (C=O) groups is 2. The molecule has 126 valence electrons. The average molecular weight is 346 g/mol. The summed E-state index contributed by atoms with van der Waals surface area (Å²) < 4.78 is 4.96. The van der Waals surface area contributed by atoms with Crippen LogP contribution < -0.4 is 5.32 Å². The third-order valence-electron chi connectivity index (χ3n) is 3.59. The van der Waals surface area contributed by atoms with E-state index in [-0.39, 0.29) is 11.9 Å². The van der Waals surface area contributed by atoms with Crippen molar-refractivity contribution in [1.82, 2.24) is 0 Å². The van der Waals surface area contributed by atoms with Crippen molar-refractivity contribution < 1.29 is 14.3 Å². The second-order valence-electron chi connectivity index (χ2n) is 5.39. The third-order valence-corrected chi connectivity index (χ3v) is 3.96. The SMILES string of the molecule is CCOC(=O)c1ccc(NC(=O)CCc2ccccc2Cl)c(C)c1. The molecule has 1 amide bonds. The van der Waals surface area contributed by atoms with Crippen molar-refractivity contribution in [2.45, 2.75) is 26.7 Å². The highest BCUT2D eigenvalue weighted by atomic mass is 35.5. The fourth-order valence-electron chi connectivity index (χ4n) is 2.31. The van der Waals surface area contributed by atoms with Crippen LogP contribution in [-0.4, -0.2) is 18.5 Å². The van der Waals surface area contributed by atoms with Gasteiger partial charge >= 0.3 is 5.97 Å². The summed E-state index contributed by atoms with van der Waals surface area (Å²) in [6, 6.07) is 12.6. The standard InChI is InChI=1S/C19H20ClNO3/c1-3-24-19(23)15-8-10-17(13(2)12-15)21-18(22)11-9-14-6-4-5-7-16(14)20/h4-8,10,12H,3,9,11H2,1-2H3,(H,21,22). The first kappa shape index (κ1) is 18.0. The van der Waals surface area contributed by atoms with Crippen molar-refractivity contribution in [3.05, 3.63) is 64.2 Å². The minimum Gasteiger partial charge on any atom is -0.462 e. The zero-order chi connectivity index (χ0) is 17.5. The Bertz CT molecular complexity index is 743. The summed E-state index contributed by atoms with van der Waals surface area (Å²) in [5, 5.41) is 3.53. The van der Waals surface area contributed by atoms with Crippen LogP contribution in [0.5, 0.6) is 0 Å². The van der Waals surface area contributed by atoms with Crippen molar-refractivity contribution in [2.75, 3.05) is 11.9 Å². The normalized spacial score (nSPS) is 10.3. The van der Waals surface area contributed by atoms with Crippen LogP contribution in [0.25, 0.3) is 0 Å². The molecule has 0 saturated heterocycles. The lowest BCUT2D eigenvalue weighted by atomic mass is 10.1. The fourth-order valence-corrected chi connectivity index (χ4v) is 2.54. The van der Waals surface area contributed by atoms with E-state index in [0.29, 0.717) is 35.7 Å². The van der Waals surface area contributed by atoms with Crippen molar-refractivity contribution >= 4 is 29.2 Å². The highest BCUT2D eigenvalue weighted by Crippen LogP contribution is 2.19. The molecule has 0 aromatic heterocycles. The zero-order valence-corrected chi connectivity index (χ0v) is 14.5. The Labute approximate surface area is 146 Å². The Kier molecular flexibility index (Phi) is 6.38. The van der Waals surface area contributed by atoms with Crippen LogP contribution in [0.1, 0.15) is 34.8 Å². The number of aryl methyl sites for hydroxylation is 2. The molecule has 2 aromatic rings. The summed E-state index contributed by atoms with van der Waals surface area (Å²) in [5.41, 5.74) is 2.92. The zero-order valence-electron chi connectivity index (χ0n) is 13.8. The van der Waals surface area contributed by atoms with Crippen molar-refractivity contribution in [2.24, 2.45) is 0 Å². The summed E-state index contributed by atoms with van der Waals surface area (Å²) in [6.45, 7) is 3.93. The van der Waals surface area contributed by atoms with Crippen molar-refractivity contribution in [3.8, 4) is 0 Å². The van der Waals surface area contributed by atoms with Gasteiger partial charge in [-0.15, -0.1) is 0 Å². The van der Waals surface area contributed by atoms with Gasteiger partial charge in [-0.25, -0.2) is 4.79 Å². The average Bonchev–Trinajstić information content (AvgIpc) is 2.56. The first-order chi connectivity index (χ1) is 11.5. The molecular weight excluding hydrogens is 326 g/mol. The Balaban J connectivity index is 1.96. The van der Waals surface area contributed by atoms with Crippen LogP contribution in [0.2, 0.25) is 5.02 Å². The largest absolute Gasteiger partial charge is 0.462 e. The number of esters is 1. The van der Waals surface area contributed by atoms with Crippen LogP contribution >= 0.6 is 11.6 Å². The number of hydrogen-bond acceptors (Lipinski definition) is 3. The summed E-state index contributed by atoms with van der Waals surface area (Å²) >= 11 is 6.09. The predicted molar refractivity (Wildman–Crippen MR) is 95.5 cm³/mol. The Hall–Kier alpha value is -2.33. The molecule has 0 atom stereocenters. The van der Waals surface area contributed by atoms with E-state index in [4.69, 9.17) is 16.3 Å². The molecule has 1 N–H and O–H groups in total. The number of ether oxygens (including phenoxy) is 1. The molecule has 2 aromatic carbocycles. The first-order valence-electron chi connectivity index (χ1n) is 7.82. The van der Waals surface area contributed by atoms with Gasteiger partial charge in [-0.2, -0.15) is 0 Å². The minimum absolute atomic E-state index is 0.0955. The van der Waals surface area contributed by atoms with E-state index in [1.807, 2.05) is 31.2 Å². The number of carbonyl (C=O) groups excluding carboxylic acids is 2. The third kappa shape index (κ3) is 4.83. The molecule has 0 aliphatic heterocycles. The molecule has 0 aliphatic carbocycles. The van der Waals surface area contributed by atoms with E-state index in [0.717, 1.165) is 11.1 Å². The monoisotopic (exact) mass is 345 g/mol. The van der Waals surface area contributed by atoms with E-state index in [1.54, 1.807) is 25.1 Å². The highest BCUT2D eigenvalue weighted by molar-refractivity contribution is 6.31. The summed E-state index contributed by atoms with van der Waals surface area (Å²) in [4.78, 5) is 23.8. The van der Waals surface area contributed by atoms with Crippen LogP contribution in [0, 0.1) is 6.92 Å². The Morgan fingerprint density at radius 3 is 2.58 bits per heavy atom. The smallest absolute Gasteiger partial charge is 0.338 e. The van der Waals surface area contributed by atoms with Gasteiger partial charge in [0.15, 0.2) is 0 Å². The molecule has 2 rings (SSSR count). The maximum atomic E-state index is 12.1. The van der Waals surface area contributed by atoms with Crippen LogP contribution in [0.15, 0.2) is 42.5 Å². The molecule has 0 bridgehead atoms. The molecule has 0 spiro atoms. The van der Waals surface area contributed by atoms with Crippen molar-refractivity contribution in [3.63, 3.8) is 0 Å². The lowest BCUT2D eigenvalue weighted by Gasteiger charge is -2.10. The highest BCUT2D eigenvalue weighted by Gasteiger charge is 2.11. The molecular formula is C19H20ClNO3. The van der Waals surface area contributed by atoms with Crippen molar-refractivity contribution in [1.29, 1.82) is 0 Å². The summed E-state index contributed by atoms with van der Waals surface area (Å²) in [6.07, 6.45) is 0.911. The molecule has 0 radical (unpaired) electrons. The van der Waals surface area contributed by atoms with Gasteiger partial charge in [-0.3, -0.25) is 4.79 Å². The van der Waals surface area contributed by atoms with E-state index in [1.165, 1.54) is 0 Å². The van der Waals surface area contributed by atoms with Gasteiger partial charge in [0.05, 0.1) is 12.2 Å². The molecule has 24 heavy (non-hydrogen) atoms. The second kappa shape index (κ2) is 8.50. The van der Waals surface area contributed by atoms with Crippen LogP contribution in [0.4, 0.5) is 5.69 Å². The van der Waals surface area contributed by atoms with E-state index in [2.05, 4.69) is 5.32 Å². The van der Waals surface area contributed by atoms with Gasteiger partial charge < -0.3 is 10.1 Å². The number of anilines is 1. The maximum Gasteiger partial charge on any atom is 0.338 e. The molecule has 5 heteroatoms. The van der Waals surface area contributed by atoms with Gasteiger partial charge in [0.2, 0.25) is 5.91 Å². The van der Waals surface area contributed by atoms with E-state index < -0.39 is 0 Å². The fraction of sp³-hybridized carbons (Fsp3) is 0.263. The van der Waals surface area contributed by atoms with Gasteiger partial charge in [-0.1, -0.05) is 29.8 Å². The van der Waals surface area contributed by atoms with Gasteiger partial charge in [-0.05, 0) is 55.7 Å². The molecule has 0 unspecified atom stereocenters. The van der Waals surface area contributed by atoms with Gasteiger partial charge in [0.1, 0.15) is 0 Å². The molecule has 0 fully saturated rings. The molecule has 0 saturated carbocycles. The summed E-state index contributed by atoms with van der Waals surface area (Å²) in [7, 11) is 0. The van der Waals surface area contributed by atoms with E-state index in [9.17, 15) is 9.59 Å². The number of nitrogens with one attached hydrogen (secondary N) is 1. The van der Waals surface area contributed by atoms with E-state index >= 15 is 0 Å². The Morgan fingerprint density at radius 2 is 1.92 bits per heavy atom. The van der Waals surface area contributed by atoms with Gasteiger partial charge in [0.25, 0.3) is 0 Å². The van der Waals surface area contributed by atoms with Crippen LogP contribution in [-0.2, 0) is 16.0 Å². The van der Waals surface area contributed by atoms with Crippen LogP contribution in [0.3, 0.4) is 0 Å². The summed E-state index contributed by atoms with van der Waals surface area (Å²) in [5.74, 6) is -0.459. The minimum atomic E-state index is -0.364. The predicted octanol–water partition coefficient (Wildman–Crippen LogP) is 4.40. The number of rotatable bonds is 6. The molecule has 4 nitrogen and oxygen atoms in total. The number of benzene rings is 2. The molecule has 0 aliphatic rings. The quantitative estimate of drug-likeness (QED) is 0.789. The number of halogens is 1. The number of hydrogen-bond donors (Lipinski definition) is 1. The maximum absolute atomic E-state index is 12.1. The topological polar surface area (TPSA) is 55.4 Å². The lowest BCUT2D eigenvalue weighted by molar-refractivity contribution is -0.116. The lowest BCUT2D eigenvalue weighted by Crippen LogP contribution is -2.14. The Morgan fingerprint density at radius 1 is 1.17 bits per heavy atom. The first-order valence-corrected chi connectivity index (χ1v) is 8.20.